The molecule has 1 heterocycles. The highest BCUT2D eigenvalue weighted by atomic mass is 32.2. The van der Waals surface area contributed by atoms with Gasteiger partial charge < -0.3 is 14.6 Å². The van der Waals surface area contributed by atoms with Gasteiger partial charge in [0.2, 0.25) is 5.91 Å². The largest absolute Gasteiger partial charge is 0.495 e. The molecule has 172 valence electrons. The summed E-state index contributed by atoms with van der Waals surface area (Å²) in [6.45, 7) is 3.64. The number of sulfonamides is 1. The molecule has 0 bridgehead atoms. The van der Waals surface area contributed by atoms with E-state index in [4.69, 9.17) is 9.26 Å². The van der Waals surface area contributed by atoms with Gasteiger partial charge >= 0.3 is 0 Å². The predicted molar refractivity (Wildman–Crippen MR) is 127 cm³/mol. The van der Waals surface area contributed by atoms with Crippen molar-refractivity contribution >= 4 is 39.5 Å². The topological polar surface area (TPSA) is 111 Å². The van der Waals surface area contributed by atoms with E-state index in [-0.39, 0.29) is 16.7 Å². The van der Waals surface area contributed by atoms with E-state index in [1.165, 1.54) is 19.2 Å². The van der Waals surface area contributed by atoms with Crippen molar-refractivity contribution < 1.29 is 22.5 Å². The minimum Gasteiger partial charge on any atom is -0.495 e. The minimum atomic E-state index is -3.80. The number of ether oxygens (including phenoxy) is 1. The molecular weight excluding hydrogens is 442 g/mol. The Labute approximate surface area is 192 Å². The first-order valence-electron chi connectivity index (χ1n) is 10.5. The molecule has 1 aliphatic rings. The summed E-state index contributed by atoms with van der Waals surface area (Å²) in [6, 6.07) is 11.7. The lowest BCUT2D eigenvalue weighted by Crippen LogP contribution is -2.14. The number of carbonyl (C=O) groups is 1. The molecule has 8 nitrogen and oxygen atoms in total. The number of nitrogens with one attached hydrogen (secondary N) is 2. The van der Waals surface area contributed by atoms with E-state index in [9.17, 15) is 13.2 Å². The van der Waals surface area contributed by atoms with Crippen LogP contribution in [-0.2, 0) is 14.8 Å². The second-order valence-electron chi connectivity index (χ2n) is 7.98. The first kappa shape index (κ1) is 22.6. The van der Waals surface area contributed by atoms with Crippen LogP contribution in [-0.4, -0.2) is 26.6 Å². The third-order valence-corrected chi connectivity index (χ3v) is 6.68. The lowest BCUT2D eigenvalue weighted by molar-refractivity contribution is -0.117. The number of carbonyl (C=O) groups excluding carboxylic acids is 1. The van der Waals surface area contributed by atoms with Gasteiger partial charge in [0.15, 0.2) is 5.76 Å². The van der Waals surface area contributed by atoms with E-state index in [0.717, 1.165) is 24.0 Å². The summed E-state index contributed by atoms with van der Waals surface area (Å²) in [5, 5.41) is 6.81. The quantitative estimate of drug-likeness (QED) is 0.500. The van der Waals surface area contributed by atoms with Gasteiger partial charge in [0.25, 0.3) is 10.0 Å². The molecule has 4 rings (SSSR count). The zero-order valence-corrected chi connectivity index (χ0v) is 19.4. The molecule has 2 aromatic carbocycles. The number of nitrogens with zero attached hydrogens (tertiary/aromatic N) is 1. The summed E-state index contributed by atoms with van der Waals surface area (Å²) in [5.74, 6) is 0.921. The second-order valence-corrected chi connectivity index (χ2v) is 9.66. The molecule has 0 atom stereocenters. The highest BCUT2D eigenvalue weighted by Gasteiger charge is 2.30. The van der Waals surface area contributed by atoms with Crippen molar-refractivity contribution in [3.63, 3.8) is 0 Å². The molecule has 3 aromatic rings. The second kappa shape index (κ2) is 9.11. The van der Waals surface area contributed by atoms with E-state index < -0.39 is 10.0 Å². The molecule has 0 spiro atoms. The van der Waals surface area contributed by atoms with Crippen molar-refractivity contribution in [2.24, 2.45) is 5.92 Å². The number of anilines is 2. The van der Waals surface area contributed by atoms with Crippen molar-refractivity contribution in [2.75, 3.05) is 17.1 Å². The van der Waals surface area contributed by atoms with Crippen LogP contribution in [0.4, 0.5) is 11.4 Å². The molecule has 2 N–H and O–H groups in total. The third-order valence-electron chi connectivity index (χ3n) is 5.30. The van der Waals surface area contributed by atoms with Crippen LogP contribution < -0.4 is 14.8 Å². The summed E-state index contributed by atoms with van der Waals surface area (Å²) >= 11 is 0. The predicted octanol–water partition coefficient (Wildman–Crippen LogP) is 4.62. The smallest absolute Gasteiger partial charge is 0.262 e. The number of hydrogen-bond acceptors (Lipinski definition) is 6. The molecule has 1 amide bonds. The van der Waals surface area contributed by atoms with Crippen LogP contribution in [0.1, 0.15) is 35.4 Å². The van der Waals surface area contributed by atoms with E-state index >= 15 is 0 Å². The van der Waals surface area contributed by atoms with Crippen LogP contribution in [0.3, 0.4) is 0 Å². The van der Waals surface area contributed by atoms with Gasteiger partial charge in [-0.1, -0.05) is 29.4 Å². The van der Waals surface area contributed by atoms with Crippen molar-refractivity contribution in [1.29, 1.82) is 0 Å². The molecule has 1 saturated carbocycles. The number of hydrogen-bond donors (Lipinski definition) is 2. The average molecular weight is 468 g/mol. The van der Waals surface area contributed by atoms with Gasteiger partial charge in [-0.05, 0) is 68.2 Å². The van der Waals surface area contributed by atoms with Gasteiger partial charge in [-0.15, -0.1) is 0 Å². The monoisotopic (exact) mass is 467 g/mol. The Hall–Kier alpha value is -3.59. The lowest BCUT2D eigenvalue weighted by Gasteiger charge is -2.12. The van der Waals surface area contributed by atoms with Crippen LogP contribution in [0.15, 0.2) is 51.9 Å². The van der Waals surface area contributed by atoms with Gasteiger partial charge in [0.1, 0.15) is 17.1 Å². The Kier molecular flexibility index (Phi) is 6.24. The molecule has 0 radical (unpaired) electrons. The van der Waals surface area contributed by atoms with Gasteiger partial charge in [-0.2, -0.15) is 0 Å². The maximum absolute atomic E-state index is 12.8. The number of methoxy groups -OCH3 is 1. The fourth-order valence-electron chi connectivity index (χ4n) is 3.26. The number of benzene rings is 2. The number of aromatic nitrogens is 1. The molecule has 9 heteroatoms. The van der Waals surface area contributed by atoms with Crippen molar-refractivity contribution in [2.45, 2.75) is 31.6 Å². The molecule has 1 aliphatic carbocycles. The molecule has 0 saturated heterocycles. The Morgan fingerprint density at radius 2 is 1.85 bits per heavy atom. The van der Waals surface area contributed by atoms with E-state index in [1.54, 1.807) is 43.3 Å². The summed E-state index contributed by atoms with van der Waals surface area (Å²) < 4.78 is 38.8. The van der Waals surface area contributed by atoms with Gasteiger partial charge in [-0.3, -0.25) is 9.52 Å². The molecular formula is C24H25N3O5S. The fraction of sp³-hybridized carbons (Fsp3) is 0.250. The molecule has 33 heavy (non-hydrogen) atoms. The minimum absolute atomic E-state index is 0.0248. The third kappa shape index (κ3) is 5.25. The molecule has 0 aliphatic heterocycles. The van der Waals surface area contributed by atoms with Crippen LogP contribution in [0.25, 0.3) is 12.2 Å². The SMILES string of the molecule is COc1ccc(C)cc1NS(=O)(=O)c1ccc(/C=C\c2onc(C)c2NC(=O)C2CC2)cc1. The Morgan fingerprint density at radius 3 is 2.52 bits per heavy atom. The Bertz CT molecular complexity index is 1310. The fourth-order valence-corrected chi connectivity index (χ4v) is 4.32. The maximum atomic E-state index is 12.8. The van der Waals surface area contributed by atoms with Gasteiger partial charge in [0, 0.05) is 5.92 Å². The number of aryl methyl sites for hydroxylation is 2. The van der Waals surface area contributed by atoms with Crippen LogP contribution in [0.2, 0.25) is 0 Å². The Balaban J connectivity index is 1.49. The van der Waals surface area contributed by atoms with E-state index in [1.807, 2.05) is 13.0 Å². The highest BCUT2D eigenvalue weighted by Crippen LogP contribution is 2.32. The zero-order chi connectivity index (χ0) is 23.6. The summed E-state index contributed by atoms with van der Waals surface area (Å²) in [4.78, 5) is 12.2. The first-order chi connectivity index (χ1) is 15.8. The van der Waals surface area contributed by atoms with Crippen LogP contribution in [0.5, 0.6) is 5.75 Å². The zero-order valence-electron chi connectivity index (χ0n) is 18.6. The average Bonchev–Trinajstić information content (AvgIpc) is 3.58. The van der Waals surface area contributed by atoms with Crippen molar-refractivity contribution in [3.05, 3.63) is 65.0 Å². The Morgan fingerprint density at radius 1 is 1.12 bits per heavy atom. The van der Waals surface area contributed by atoms with Gasteiger partial charge in [0.05, 0.1) is 17.7 Å². The standard InChI is InChI=1S/C24H25N3O5S/c1-15-4-12-21(31-3)20(14-15)27-33(29,30)19-10-5-17(6-11-19)7-13-22-23(16(2)26-32-22)25-24(28)18-8-9-18/h4-7,10-14,18,27H,8-9H2,1-3H3,(H,25,28)/b13-7-. The summed E-state index contributed by atoms with van der Waals surface area (Å²) in [7, 11) is -2.31. The van der Waals surface area contributed by atoms with Crippen molar-refractivity contribution in [1.82, 2.24) is 5.16 Å². The highest BCUT2D eigenvalue weighted by molar-refractivity contribution is 7.92. The first-order valence-corrected chi connectivity index (χ1v) is 12.0. The normalized spacial score (nSPS) is 13.8. The van der Waals surface area contributed by atoms with Crippen LogP contribution >= 0.6 is 0 Å². The van der Waals surface area contributed by atoms with Gasteiger partial charge in [-0.25, -0.2) is 8.42 Å². The lowest BCUT2D eigenvalue weighted by atomic mass is 10.2. The summed E-state index contributed by atoms with van der Waals surface area (Å²) in [6.07, 6.45) is 5.27. The number of amides is 1. The van der Waals surface area contributed by atoms with Crippen LogP contribution in [0, 0.1) is 19.8 Å². The maximum Gasteiger partial charge on any atom is 0.262 e. The number of rotatable bonds is 8. The molecule has 0 unspecified atom stereocenters. The summed E-state index contributed by atoms with van der Waals surface area (Å²) in [5.41, 5.74) is 3.20. The molecule has 1 aromatic heterocycles. The van der Waals surface area contributed by atoms with E-state index in [2.05, 4.69) is 15.2 Å². The molecule has 1 fully saturated rings. The van der Waals surface area contributed by atoms with Crippen molar-refractivity contribution in [3.8, 4) is 5.75 Å². The van der Waals surface area contributed by atoms with E-state index in [0.29, 0.717) is 28.6 Å².